The molecule has 3 heterocycles. The van der Waals surface area contributed by atoms with E-state index < -0.39 is 17.9 Å². The number of carboxylic acids is 1. The summed E-state index contributed by atoms with van der Waals surface area (Å²) in [6, 6.07) is 2.52. The van der Waals surface area contributed by atoms with Gasteiger partial charge in [-0.05, 0) is 12.1 Å². The van der Waals surface area contributed by atoms with E-state index in [0.29, 0.717) is 17.4 Å². The van der Waals surface area contributed by atoms with Gasteiger partial charge < -0.3 is 19.2 Å². The molecule has 0 aromatic carbocycles. The lowest BCUT2D eigenvalue weighted by Crippen LogP contribution is -2.52. The van der Waals surface area contributed by atoms with Crippen molar-refractivity contribution in [2.75, 3.05) is 19.8 Å². The third kappa shape index (κ3) is 2.67. The highest BCUT2D eigenvalue weighted by Crippen LogP contribution is 2.25. The van der Waals surface area contributed by atoms with Crippen LogP contribution in [0.3, 0.4) is 0 Å². The van der Waals surface area contributed by atoms with Gasteiger partial charge in [0, 0.05) is 11.9 Å². The van der Waals surface area contributed by atoms with Crippen molar-refractivity contribution in [2.24, 2.45) is 0 Å². The van der Waals surface area contributed by atoms with E-state index in [0.717, 1.165) is 0 Å². The first kappa shape index (κ1) is 13.8. The molecule has 1 fully saturated rings. The number of carbonyl (C=O) groups is 2. The standard InChI is InChI=1S/C13H12N2O5S/c16-12(15-3-5-19-6-9(15)13(17)18)8-7-21-11(14-8)10-2-1-4-20-10/h1-2,4,7,9H,3,5-6H2,(H,17,18)/t9-/m0/s1. The van der Waals surface area contributed by atoms with Crippen molar-refractivity contribution in [1.29, 1.82) is 0 Å². The van der Waals surface area contributed by atoms with E-state index in [-0.39, 0.29) is 18.8 Å². The average molecular weight is 308 g/mol. The number of morpholine rings is 1. The normalized spacial score (nSPS) is 18.7. The first-order chi connectivity index (χ1) is 10.2. The summed E-state index contributed by atoms with van der Waals surface area (Å²) in [5.41, 5.74) is 0.222. The first-order valence-electron chi connectivity index (χ1n) is 6.28. The number of hydrogen-bond donors (Lipinski definition) is 1. The highest BCUT2D eigenvalue weighted by atomic mass is 32.1. The molecule has 1 N–H and O–H groups in total. The summed E-state index contributed by atoms with van der Waals surface area (Å²) in [5.74, 6) is -0.903. The molecular weight excluding hydrogens is 296 g/mol. The van der Waals surface area contributed by atoms with Crippen LogP contribution >= 0.6 is 11.3 Å². The molecule has 0 aliphatic carbocycles. The van der Waals surface area contributed by atoms with E-state index in [1.807, 2.05) is 0 Å². The monoisotopic (exact) mass is 308 g/mol. The van der Waals surface area contributed by atoms with Gasteiger partial charge in [0.05, 0.1) is 19.5 Å². The highest BCUT2D eigenvalue weighted by molar-refractivity contribution is 7.13. The van der Waals surface area contributed by atoms with Crippen LogP contribution in [-0.4, -0.2) is 52.7 Å². The lowest BCUT2D eigenvalue weighted by molar-refractivity contribution is -0.147. The highest BCUT2D eigenvalue weighted by Gasteiger charge is 2.34. The molecule has 0 saturated carbocycles. The zero-order valence-corrected chi connectivity index (χ0v) is 11.7. The van der Waals surface area contributed by atoms with E-state index in [4.69, 9.17) is 14.3 Å². The number of ether oxygens (including phenoxy) is 1. The molecule has 7 nitrogen and oxygen atoms in total. The summed E-state index contributed by atoms with van der Waals surface area (Å²) < 4.78 is 10.3. The van der Waals surface area contributed by atoms with Crippen molar-refractivity contribution in [3.8, 4) is 10.8 Å². The fraction of sp³-hybridized carbons (Fsp3) is 0.308. The van der Waals surface area contributed by atoms with E-state index in [1.54, 1.807) is 17.5 Å². The number of carbonyl (C=O) groups excluding carboxylic acids is 1. The molecule has 3 rings (SSSR count). The number of nitrogens with zero attached hydrogens (tertiary/aromatic N) is 2. The molecule has 110 valence electrons. The second-order valence-corrected chi connectivity index (χ2v) is 5.30. The fourth-order valence-electron chi connectivity index (χ4n) is 2.08. The Labute approximate surface area is 123 Å². The Bertz CT molecular complexity index is 651. The summed E-state index contributed by atoms with van der Waals surface area (Å²) in [4.78, 5) is 29.1. The van der Waals surface area contributed by atoms with E-state index >= 15 is 0 Å². The molecule has 21 heavy (non-hydrogen) atoms. The van der Waals surface area contributed by atoms with Gasteiger partial charge in [-0.25, -0.2) is 9.78 Å². The molecule has 0 radical (unpaired) electrons. The summed E-state index contributed by atoms with van der Waals surface area (Å²) >= 11 is 1.28. The summed E-state index contributed by atoms with van der Waals surface area (Å²) in [7, 11) is 0. The van der Waals surface area contributed by atoms with Gasteiger partial charge in [-0.15, -0.1) is 11.3 Å². The minimum atomic E-state index is -1.08. The number of furan rings is 1. The summed E-state index contributed by atoms with van der Waals surface area (Å²) in [6.07, 6.45) is 1.53. The average Bonchev–Trinajstić information content (AvgIpc) is 3.17. The van der Waals surface area contributed by atoms with Crippen LogP contribution < -0.4 is 0 Å². The largest absolute Gasteiger partial charge is 0.480 e. The molecule has 1 saturated heterocycles. The van der Waals surface area contributed by atoms with E-state index in [1.165, 1.54) is 22.5 Å². The van der Waals surface area contributed by atoms with Crippen molar-refractivity contribution >= 4 is 23.2 Å². The third-order valence-electron chi connectivity index (χ3n) is 3.13. The molecule has 0 bridgehead atoms. The Kier molecular flexibility index (Phi) is 3.72. The Morgan fingerprint density at radius 3 is 3.05 bits per heavy atom. The first-order valence-corrected chi connectivity index (χ1v) is 7.15. The van der Waals surface area contributed by atoms with Crippen LogP contribution in [0.15, 0.2) is 28.2 Å². The molecule has 8 heteroatoms. The lowest BCUT2D eigenvalue weighted by atomic mass is 10.2. The fourth-order valence-corrected chi connectivity index (χ4v) is 2.84. The topological polar surface area (TPSA) is 92.9 Å². The Morgan fingerprint density at radius 1 is 1.48 bits per heavy atom. The maximum absolute atomic E-state index is 12.4. The van der Waals surface area contributed by atoms with Gasteiger partial charge in [0.1, 0.15) is 5.69 Å². The number of carboxylic acid groups (broad SMARTS) is 1. The predicted octanol–water partition coefficient (Wildman–Crippen LogP) is 1.33. The second kappa shape index (κ2) is 5.66. The molecule has 1 aliphatic heterocycles. The molecule has 1 atom stereocenters. The second-order valence-electron chi connectivity index (χ2n) is 4.44. The van der Waals surface area contributed by atoms with Gasteiger partial charge in [0.2, 0.25) is 0 Å². The van der Waals surface area contributed by atoms with Crippen molar-refractivity contribution in [3.63, 3.8) is 0 Å². The number of rotatable bonds is 3. The molecule has 1 aliphatic rings. The summed E-state index contributed by atoms with van der Waals surface area (Å²) in [6.45, 7) is 0.560. The van der Waals surface area contributed by atoms with Crippen LogP contribution in [-0.2, 0) is 9.53 Å². The maximum atomic E-state index is 12.4. The van der Waals surface area contributed by atoms with Crippen LogP contribution in [0.25, 0.3) is 10.8 Å². The van der Waals surface area contributed by atoms with Gasteiger partial charge in [0.15, 0.2) is 16.8 Å². The van der Waals surface area contributed by atoms with Crippen molar-refractivity contribution in [1.82, 2.24) is 9.88 Å². The van der Waals surface area contributed by atoms with Crippen LogP contribution in [0, 0.1) is 0 Å². The number of thiazole rings is 1. The minimum Gasteiger partial charge on any atom is -0.480 e. The molecular formula is C13H12N2O5S. The molecule has 2 aromatic rings. The van der Waals surface area contributed by atoms with E-state index in [2.05, 4.69) is 4.98 Å². The molecule has 0 unspecified atom stereocenters. The third-order valence-corrected chi connectivity index (χ3v) is 3.99. The van der Waals surface area contributed by atoms with Gasteiger partial charge in [-0.1, -0.05) is 0 Å². The Balaban J connectivity index is 1.83. The number of hydrogen-bond acceptors (Lipinski definition) is 6. The SMILES string of the molecule is O=C(O)[C@@H]1COCCN1C(=O)c1csc(-c2ccco2)n1. The van der Waals surface area contributed by atoms with Crippen molar-refractivity contribution in [2.45, 2.75) is 6.04 Å². The zero-order valence-electron chi connectivity index (χ0n) is 10.9. The quantitative estimate of drug-likeness (QED) is 0.919. The van der Waals surface area contributed by atoms with Gasteiger partial charge >= 0.3 is 5.97 Å². The minimum absolute atomic E-state index is 0.00372. The van der Waals surface area contributed by atoms with Crippen LogP contribution in [0.4, 0.5) is 0 Å². The van der Waals surface area contributed by atoms with Gasteiger partial charge in [0.25, 0.3) is 5.91 Å². The number of aromatic nitrogens is 1. The smallest absolute Gasteiger partial charge is 0.328 e. The van der Waals surface area contributed by atoms with Crippen LogP contribution in [0.1, 0.15) is 10.5 Å². The van der Waals surface area contributed by atoms with Crippen molar-refractivity contribution in [3.05, 3.63) is 29.5 Å². The van der Waals surface area contributed by atoms with Crippen LogP contribution in [0.2, 0.25) is 0 Å². The maximum Gasteiger partial charge on any atom is 0.328 e. The zero-order chi connectivity index (χ0) is 14.8. The van der Waals surface area contributed by atoms with Crippen LogP contribution in [0.5, 0.6) is 0 Å². The molecule has 0 spiro atoms. The number of amides is 1. The van der Waals surface area contributed by atoms with Gasteiger partial charge in [-0.2, -0.15) is 0 Å². The van der Waals surface area contributed by atoms with Gasteiger partial charge in [-0.3, -0.25) is 4.79 Å². The Morgan fingerprint density at radius 2 is 2.33 bits per heavy atom. The lowest BCUT2D eigenvalue weighted by Gasteiger charge is -2.32. The van der Waals surface area contributed by atoms with Crippen molar-refractivity contribution < 1.29 is 23.8 Å². The number of aliphatic carboxylic acids is 1. The Hall–Kier alpha value is -2.19. The molecule has 1 amide bonds. The predicted molar refractivity (Wildman–Crippen MR) is 73.1 cm³/mol. The summed E-state index contributed by atoms with van der Waals surface area (Å²) in [5, 5.41) is 11.3. The van der Waals surface area contributed by atoms with E-state index in [9.17, 15) is 9.59 Å². The molecule has 2 aromatic heterocycles.